The molecule has 2 aromatic carbocycles. The van der Waals surface area contributed by atoms with Crippen LogP contribution in [0.15, 0.2) is 54.7 Å². The number of nitrogens with zero attached hydrogens (tertiary/aromatic N) is 1. The summed E-state index contributed by atoms with van der Waals surface area (Å²) < 4.78 is 13.3. The van der Waals surface area contributed by atoms with Crippen molar-refractivity contribution in [1.82, 2.24) is 10.3 Å². The number of aryl methyl sites for hydroxylation is 1. The normalized spacial score (nSPS) is 16.1. The van der Waals surface area contributed by atoms with Crippen LogP contribution in [-0.2, 0) is 6.42 Å². The van der Waals surface area contributed by atoms with Crippen LogP contribution in [0.1, 0.15) is 34.0 Å². The van der Waals surface area contributed by atoms with Gasteiger partial charge in [0.2, 0.25) is 0 Å². The molecule has 4 heteroatoms. The largest absolute Gasteiger partial charge is 0.350 e. The Bertz CT molecular complexity index is 922. The second kappa shape index (κ2) is 6.04. The van der Waals surface area contributed by atoms with Gasteiger partial charge in [-0.25, -0.2) is 4.39 Å². The minimum absolute atomic E-state index is 0.170. The Hall–Kier alpha value is -2.75. The van der Waals surface area contributed by atoms with Gasteiger partial charge >= 0.3 is 0 Å². The topological polar surface area (TPSA) is 42.0 Å². The van der Waals surface area contributed by atoms with Gasteiger partial charge in [0.05, 0.1) is 0 Å². The van der Waals surface area contributed by atoms with Gasteiger partial charge in [0.15, 0.2) is 0 Å². The van der Waals surface area contributed by atoms with E-state index < -0.39 is 0 Å². The maximum Gasteiger partial charge on any atom is 0.269 e. The first-order valence-electron chi connectivity index (χ1n) is 8.12. The molecule has 0 saturated carbocycles. The van der Waals surface area contributed by atoms with Crippen LogP contribution in [-0.4, -0.2) is 17.4 Å². The predicted octanol–water partition coefficient (Wildman–Crippen LogP) is 3.83. The number of benzene rings is 2. The fourth-order valence-corrected chi connectivity index (χ4v) is 3.40. The van der Waals surface area contributed by atoms with Crippen LogP contribution in [0, 0.1) is 5.82 Å². The summed E-state index contributed by atoms with van der Waals surface area (Å²) in [5, 5.41) is 4.98. The minimum Gasteiger partial charge on any atom is -0.350 e. The van der Waals surface area contributed by atoms with Crippen molar-refractivity contribution < 1.29 is 9.18 Å². The fourth-order valence-electron chi connectivity index (χ4n) is 3.40. The number of halogens is 1. The fraction of sp³-hybridized carbons (Fsp3) is 0.200. The van der Waals surface area contributed by atoms with E-state index in [2.05, 4.69) is 10.3 Å². The highest BCUT2D eigenvalue weighted by molar-refractivity contribution is 5.96. The molecule has 120 valence electrons. The first-order valence-corrected chi connectivity index (χ1v) is 8.12. The molecule has 0 bridgehead atoms. The summed E-state index contributed by atoms with van der Waals surface area (Å²) in [5.74, 6) is -0.125. The number of pyridine rings is 1. The van der Waals surface area contributed by atoms with E-state index in [-0.39, 0.29) is 17.6 Å². The maximum atomic E-state index is 13.3. The number of rotatable bonds is 3. The molecule has 4 rings (SSSR count). The molecule has 0 spiro atoms. The van der Waals surface area contributed by atoms with E-state index in [0.717, 1.165) is 34.7 Å². The third-order valence-corrected chi connectivity index (χ3v) is 4.68. The van der Waals surface area contributed by atoms with Crippen LogP contribution in [0.3, 0.4) is 0 Å². The average Bonchev–Trinajstić information content (AvgIpc) is 3.01. The monoisotopic (exact) mass is 320 g/mol. The Morgan fingerprint density at radius 3 is 2.88 bits per heavy atom. The van der Waals surface area contributed by atoms with Gasteiger partial charge in [0, 0.05) is 24.0 Å². The van der Waals surface area contributed by atoms with Gasteiger partial charge in [-0.15, -0.1) is 0 Å². The van der Waals surface area contributed by atoms with E-state index in [9.17, 15) is 9.18 Å². The van der Waals surface area contributed by atoms with Gasteiger partial charge in [-0.1, -0.05) is 30.3 Å². The average molecular weight is 320 g/mol. The molecule has 1 amide bonds. The van der Waals surface area contributed by atoms with Crippen molar-refractivity contribution in [2.45, 2.75) is 18.8 Å². The Labute approximate surface area is 139 Å². The minimum atomic E-state index is -0.196. The molecular weight excluding hydrogens is 303 g/mol. The lowest BCUT2D eigenvalue weighted by atomic mass is 10.0. The van der Waals surface area contributed by atoms with Crippen LogP contribution in [0.5, 0.6) is 0 Å². The van der Waals surface area contributed by atoms with Crippen molar-refractivity contribution in [2.75, 3.05) is 6.54 Å². The summed E-state index contributed by atoms with van der Waals surface area (Å²) >= 11 is 0. The zero-order valence-electron chi connectivity index (χ0n) is 13.1. The van der Waals surface area contributed by atoms with Crippen molar-refractivity contribution in [1.29, 1.82) is 0 Å². The number of hydrogen-bond acceptors (Lipinski definition) is 2. The zero-order valence-corrected chi connectivity index (χ0v) is 13.1. The Morgan fingerprint density at radius 2 is 2.00 bits per heavy atom. The highest BCUT2D eigenvalue weighted by Gasteiger charge is 2.23. The van der Waals surface area contributed by atoms with E-state index in [1.165, 1.54) is 6.07 Å². The number of nitrogens with one attached hydrogen (secondary N) is 1. The molecule has 1 N–H and O–H groups in total. The molecule has 1 atom stereocenters. The maximum absolute atomic E-state index is 13.3. The number of carbonyl (C=O) groups excluding carboxylic acids is 1. The van der Waals surface area contributed by atoms with Gasteiger partial charge in [-0.2, -0.15) is 0 Å². The summed E-state index contributed by atoms with van der Waals surface area (Å²) in [6.07, 6.45) is 3.52. The van der Waals surface area contributed by atoms with Crippen LogP contribution in [0.2, 0.25) is 0 Å². The standard InChI is InChI=1S/C20H17FN2O/c21-17-7-8-18-14(9-17)5-6-16(18)12-23-20(24)19-10-13-3-1-2-4-15(13)11-22-19/h1-4,7-11,16H,5-6,12H2,(H,23,24). The summed E-state index contributed by atoms with van der Waals surface area (Å²) in [6, 6.07) is 14.6. The van der Waals surface area contributed by atoms with E-state index in [4.69, 9.17) is 0 Å². The Balaban J connectivity index is 1.47. The quantitative estimate of drug-likeness (QED) is 0.797. The van der Waals surface area contributed by atoms with Crippen molar-refractivity contribution >= 4 is 16.7 Å². The molecular formula is C20H17FN2O. The number of fused-ring (bicyclic) bond motifs is 2. The number of aromatic nitrogens is 1. The van der Waals surface area contributed by atoms with E-state index in [0.29, 0.717) is 12.2 Å². The lowest BCUT2D eigenvalue weighted by molar-refractivity contribution is 0.0946. The first-order chi connectivity index (χ1) is 11.7. The first kappa shape index (κ1) is 14.8. The van der Waals surface area contributed by atoms with E-state index in [1.54, 1.807) is 12.3 Å². The van der Waals surface area contributed by atoms with Gasteiger partial charge in [-0.3, -0.25) is 9.78 Å². The molecule has 0 radical (unpaired) electrons. The molecule has 1 unspecified atom stereocenters. The van der Waals surface area contributed by atoms with Gasteiger partial charge in [-0.05, 0) is 47.6 Å². The van der Waals surface area contributed by atoms with Crippen molar-refractivity contribution in [3.8, 4) is 0 Å². The third-order valence-electron chi connectivity index (χ3n) is 4.68. The predicted molar refractivity (Wildman–Crippen MR) is 91.5 cm³/mol. The van der Waals surface area contributed by atoms with Crippen LogP contribution in [0.4, 0.5) is 4.39 Å². The van der Waals surface area contributed by atoms with Gasteiger partial charge in [0.1, 0.15) is 11.5 Å². The molecule has 0 saturated heterocycles. The summed E-state index contributed by atoms with van der Waals surface area (Å²) in [7, 11) is 0. The van der Waals surface area contributed by atoms with Gasteiger partial charge < -0.3 is 5.32 Å². The van der Waals surface area contributed by atoms with Gasteiger partial charge in [0.25, 0.3) is 5.91 Å². The summed E-state index contributed by atoms with van der Waals surface area (Å²) in [6.45, 7) is 0.548. The second-order valence-corrected chi connectivity index (χ2v) is 6.21. The molecule has 0 fully saturated rings. The van der Waals surface area contributed by atoms with Crippen LogP contribution in [0.25, 0.3) is 10.8 Å². The number of amides is 1. The van der Waals surface area contributed by atoms with Crippen LogP contribution < -0.4 is 5.32 Å². The summed E-state index contributed by atoms with van der Waals surface area (Å²) in [5.41, 5.74) is 2.62. The highest BCUT2D eigenvalue weighted by atomic mass is 19.1. The van der Waals surface area contributed by atoms with Crippen LogP contribution >= 0.6 is 0 Å². The smallest absolute Gasteiger partial charge is 0.269 e. The van der Waals surface area contributed by atoms with E-state index in [1.807, 2.05) is 36.4 Å². The SMILES string of the molecule is O=C(NCC1CCc2cc(F)ccc21)c1cc2ccccc2cn1. The molecule has 3 nitrogen and oxygen atoms in total. The van der Waals surface area contributed by atoms with E-state index >= 15 is 0 Å². The molecule has 1 heterocycles. The zero-order chi connectivity index (χ0) is 16.5. The second-order valence-electron chi connectivity index (χ2n) is 6.21. The lowest BCUT2D eigenvalue weighted by Crippen LogP contribution is -2.28. The summed E-state index contributed by atoms with van der Waals surface area (Å²) in [4.78, 5) is 16.6. The Morgan fingerprint density at radius 1 is 1.17 bits per heavy atom. The Kier molecular flexibility index (Phi) is 3.73. The number of hydrogen-bond donors (Lipinski definition) is 1. The third kappa shape index (κ3) is 2.75. The van der Waals surface area contributed by atoms with Crippen molar-refractivity contribution in [3.63, 3.8) is 0 Å². The molecule has 1 aromatic heterocycles. The van der Waals surface area contributed by atoms with Crippen molar-refractivity contribution in [3.05, 3.63) is 77.4 Å². The molecule has 24 heavy (non-hydrogen) atoms. The molecule has 1 aliphatic carbocycles. The number of carbonyl (C=O) groups is 1. The lowest BCUT2D eigenvalue weighted by Gasteiger charge is -2.13. The van der Waals surface area contributed by atoms with Crippen molar-refractivity contribution in [2.24, 2.45) is 0 Å². The molecule has 3 aromatic rings. The highest BCUT2D eigenvalue weighted by Crippen LogP contribution is 2.32. The molecule has 0 aliphatic heterocycles. The molecule has 1 aliphatic rings.